The number of rotatable bonds is 6. The fourth-order valence-corrected chi connectivity index (χ4v) is 3.75. The second-order valence-corrected chi connectivity index (χ2v) is 6.87. The fourth-order valence-electron chi connectivity index (χ4n) is 2.83. The van der Waals surface area contributed by atoms with Gasteiger partial charge in [-0.2, -0.15) is 5.10 Å². The van der Waals surface area contributed by atoms with Crippen LogP contribution < -0.4 is 9.47 Å². The van der Waals surface area contributed by atoms with Gasteiger partial charge in [-0.05, 0) is 54.1 Å². The van der Waals surface area contributed by atoms with E-state index >= 15 is 0 Å². The SMILES string of the molecule is COc1ccc(-c2cc(CSc3c[nH]c4ccc(OC)cc34)n[nH]2)cc1. The van der Waals surface area contributed by atoms with Gasteiger partial charge in [0.25, 0.3) is 0 Å². The number of hydrogen-bond donors (Lipinski definition) is 2. The molecule has 0 saturated carbocycles. The van der Waals surface area contributed by atoms with Crippen molar-refractivity contribution in [2.24, 2.45) is 0 Å². The summed E-state index contributed by atoms with van der Waals surface area (Å²) < 4.78 is 10.5. The molecule has 0 atom stereocenters. The van der Waals surface area contributed by atoms with E-state index in [1.165, 1.54) is 10.3 Å². The average molecular weight is 365 g/mol. The van der Waals surface area contributed by atoms with Gasteiger partial charge in [-0.3, -0.25) is 5.10 Å². The monoisotopic (exact) mass is 365 g/mol. The highest BCUT2D eigenvalue weighted by atomic mass is 32.2. The predicted molar refractivity (Wildman–Crippen MR) is 105 cm³/mol. The number of H-pyrrole nitrogens is 2. The van der Waals surface area contributed by atoms with Crippen molar-refractivity contribution < 1.29 is 9.47 Å². The van der Waals surface area contributed by atoms with E-state index in [4.69, 9.17) is 9.47 Å². The first kappa shape index (κ1) is 16.6. The smallest absolute Gasteiger partial charge is 0.119 e. The maximum atomic E-state index is 5.33. The summed E-state index contributed by atoms with van der Waals surface area (Å²) in [5.74, 6) is 2.50. The Labute approximate surface area is 155 Å². The molecule has 5 nitrogen and oxygen atoms in total. The maximum absolute atomic E-state index is 5.33. The number of methoxy groups -OCH3 is 2. The molecule has 0 fully saturated rings. The zero-order valence-corrected chi connectivity index (χ0v) is 15.4. The standard InChI is InChI=1S/C20H19N3O2S/c1-24-15-5-3-13(4-6-15)19-9-14(22-23-19)12-26-20-11-21-18-8-7-16(25-2)10-17(18)20/h3-11,21H,12H2,1-2H3,(H,22,23). The summed E-state index contributed by atoms with van der Waals surface area (Å²) in [6.45, 7) is 0. The number of nitrogens with one attached hydrogen (secondary N) is 2. The quantitative estimate of drug-likeness (QED) is 0.479. The predicted octanol–water partition coefficient (Wildman–Crippen LogP) is 4.87. The minimum Gasteiger partial charge on any atom is -0.497 e. The Bertz CT molecular complexity index is 1020. The van der Waals surface area contributed by atoms with Crippen molar-refractivity contribution in [3.05, 3.63) is 60.4 Å². The molecule has 0 radical (unpaired) electrons. The molecule has 26 heavy (non-hydrogen) atoms. The maximum Gasteiger partial charge on any atom is 0.119 e. The molecule has 2 aromatic carbocycles. The Kier molecular flexibility index (Phi) is 4.58. The minimum atomic E-state index is 0.789. The van der Waals surface area contributed by atoms with Crippen LogP contribution in [0.1, 0.15) is 5.69 Å². The summed E-state index contributed by atoms with van der Waals surface area (Å²) in [6.07, 6.45) is 2.03. The second-order valence-electron chi connectivity index (χ2n) is 5.85. The number of thioether (sulfide) groups is 1. The molecule has 2 aromatic heterocycles. The Morgan fingerprint density at radius 3 is 2.50 bits per heavy atom. The van der Waals surface area contributed by atoms with Gasteiger partial charge in [0.1, 0.15) is 11.5 Å². The third kappa shape index (κ3) is 3.28. The summed E-state index contributed by atoms with van der Waals surface area (Å²) in [6, 6.07) is 16.1. The van der Waals surface area contributed by atoms with Gasteiger partial charge >= 0.3 is 0 Å². The number of aromatic amines is 2. The van der Waals surface area contributed by atoms with Gasteiger partial charge < -0.3 is 14.5 Å². The summed E-state index contributed by atoms with van der Waals surface area (Å²) in [4.78, 5) is 4.49. The lowest BCUT2D eigenvalue weighted by Crippen LogP contribution is -1.82. The van der Waals surface area contributed by atoms with Crippen molar-refractivity contribution in [2.75, 3.05) is 14.2 Å². The topological polar surface area (TPSA) is 62.9 Å². The van der Waals surface area contributed by atoms with Crippen LogP contribution in [0.3, 0.4) is 0 Å². The van der Waals surface area contributed by atoms with Crippen molar-refractivity contribution in [3.63, 3.8) is 0 Å². The molecule has 0 saturated heterocycles. The van der Waals surface area contributed by atoms with Gasteiger partial charge in [-0.25, -0.2) is 0 Å². The van der Waals surface area contributed by atoms with E-state index in [2.05, 4.69) is 27.3 Å². The Morgan fingerprint density at radius 1 is 0.962 bits per heavy atom. The van der Waals surface area contributed by atoms with Crippen molar-refractivity contribution >= 4 is 22.7 Å². The molecule has 2 N–H and O–H groups in total. The fraction of sp³-hybridized carbons (Fsp3) is 0.150. The van der Waals surface area contributed by atoms with E-state index in [0.29, 0.717) is 0 Å². The lowest BCUT2D eigenvalue weighted by atomic mass is 10.1. The third-order valence-electron chi connectivity index (χ3n) is 4.26. The van der Waals surface area contributed by atoms with Crippen LogP contribution in [0.25, 0.3) is 22.2 Å². The third-order valence-corrected chi connectivity index (χ3v) is 5.35. The van der Waals surface area contributed by atoms with Gasteiger partial charge in [0, 0.05) is 27.7 Å². The zero-order valence-electron chi connectivity index (χ0n) is 14.6. The first-order valence-corrected chi connectivity index (χ1v) is 9.22. The van der Waals surface area contributed by atoms with Gasteiger partial charge in [0.05, 0.1) is 25.6 Å². The number of fused-ring (bicyclic) bond motifs is 1. The van der Waals surface area contributed by atoms with Crippen LogP contribution in [0.5, 0.6) is 11.5 Å². The lowest BCUT2D eigenvalue weighted by molar-refractivity contribution is 0.415. The molecule has 2 heterocycles. The summed E-state index contributed by atoms with van der Waals surface area (Å²) >= 11 is 1.75. The lowest BCUT2D eigenvalue weighted by Gasteiger charge is -2.01. The number of hydrogen-bond acceptors (Lipinski definition) is 4. The Hall–Kier alpha value is -2.86. The van der Waals surface area contributed by atoms with Gasteiger partial charge in [-0.1, -0.05) is 0 Å². The molecule has 0 unspecified atom stereocenters. The van der Waals surface area contributed by atoms with E-state index in [-0.39, 0.29) is 0 Å². The van der Waals surface area contributed by atoms with Crippen LogP contribution in [0.15, 0.2) is 59.6 Å². The van der Waals surface area contributed by atoms with E-state index in [9.17, 15) is 0 Å². The molecule has 0 bridgehead atoms. The van der Waals surface area contributed by atoms with Crippen molar-refractivity contribution in [1.82, 2.24) is 15.2 Å². The molecule has 4 aromatic rings. The second kappa shape index (κ2) is 7.17. The molecular formula is C20H19N3O2S. The molecule has 0 aliphatic carbocycles. The summed E-state index contributed by atoms with van der Waals surface area (Å²) in [5, 5.41) is 8.72. The van der Waals surface area contributed by atoms with Gasteiger partial charge in [0.2, 0.25) is 0 Å². The number of benzene rings is 2. The number of nitrogens with zero attached hydrogens (tertiary/aromatic N) is 1. The van der Waals surface area contributed by atoms with Crippen LogP contribution in [0.2, 0.25) is 0 Å². The largest absolute Gasteiger partial charge is 0.497 e. The highest BCUT2D eigenvalue weighted by Crippen LogP contribution is 2.32. The highest BCUT2D eigenvalue weighted by Gasteiger charge is 2.09. The van der Waals surface area contributed by atoms with Crippen LogP contribution in [0.4, 0.5) is 0 Å². The van der Waals surface area contributed by atoms with Crippen molar-refractivity contribution in [3.8, 4) is 22.8 Å². The van der Waals surface area contributed by atoms with Crippen molar-refractivity contribution in [1.29, 1.82) is 0 Å². The molecule has 0 aliphatic rings. The van der Waals surface area contributed by atoms with E-state index in [0.717, 1.165) is 39.7 Å². The van der Waals surface area contributed by atoms with Crippen LogP contribution in [0, 0.1) is 0 Å². The summed E-state index contributed by atoms with van der Waals surface area (Å²) in [7, 11) is 3.35. The molecule has 0 amide bonds. The normalized spacial score (nSPS) is 11.0. The highest BCUT2D eigenvalue weighted by molar-refractivity contribution is 7.98. The minimum absolute atomic E-state index is 0.789. The number of ether oxygens (including phenoxy) is 2. The van der Waals surface area contributed by atoms with Crippen molar-refractivity contribution in [2.45, 2.75) is 10.6 Å². The van der Waals surface area contributed by atoms with Crippen LogP contribution >= 0.6 is 11.8 Å². The molecule has 0 aliphatic heterocycles. The van der Waals surface area contributed by atoms with Gasteiger partial charge in [-0.15, -0.1) is 11.8 Å². The van der Waals surface area contributed by atoms with E-state index in [1.807, 2.05) is 42.6 Å². The molecular weight excluding hydrogens is 346 g/mol. The average Bonchev–Trinajstić information content (AvgIpc) is 3.33. The Morgan fingerprint density at radius 2 is 1.73 bits per heavy atom. The zero-order chi connectivity index (χ0) is 17.9. The first-order valence-electron chi connectivity index (χ1n) is 8.23. The molecule has 4 rings (SSSR count). The summed E-state index contributed by atoms with van der Waals surface area (Å²) in [5.41, 5.74) is 4.21. The molecule has 0 spiro atoms. The Balaban J connectivity index is 1.49. The van der Waals surface area contributed by atoms with Gasteiger partial charge in [0.15, 0.2) is 0 Å². The molecule has 6 heteroatoms. The van der Waals surface area contributed by atoms with Crippen LogP contribution in [-0.4, -0.2) is 29.4 Å². The molecule has 132 valence electrons. The van der Waals surface area contributed by atoms with Crippen LogP contribution in [-0.2, 0) is 5.75 Å². The number of aromatic nitrogens is 3. The van der Waals surface area contributed by atoms with E-state index in [1.54, 1.807) is 26.0 Å². The first-order chi connectivity index (χ1) is 12.8. The van der Waals surface area contributed by atoms with E-state index < -0.39 is 0 Å².